The van der Waals surface area contributed by atoms with Gasteiger partial charge in [0.15, 0.2) is 0 Å². The molecule has 1 fully saturated rings. The van der Waals surface area contributed by atoms with Gasteiger partial charge in [0.1, 0.15) is 0 Å². The van der Waals surface area contributed by atoms with Gasteiger partial charge in [-0.05, 0) is 32.1 Å². The number of esters is 1. The molecule has 0 aliphatic heterocycles. The minimum absolute atomic E-state index is 0.0666. The highest BCUT2D eigenvalue weighted by Crippen LogP contribution is 2.38. The van der Waals surface area contributed by atoms with Crippen LogP contribution >= 0.6 is 0 Å². The van der Waals surface area contributed by atoms with Crippen LogP contribution in [0.3, 0.4) is 0 Å². The maximum Gasteiger partial charge on any atom is 0.335 e. The van der Waals surface area contributed by atoms with Gasteiger partial charge in [0.25, 0.3) is 0 Å². The van der Waals surface area contributed by atoms with E-state index >= 15 is 0 Å². The van der Waals surface area contributed by atoms with E-state index in [-0.39, 0.29) is 5.92 Å². The standard InChI is InChI=1S/C15H26O3/c1-11(2)8-9-13-7-5-6-10-15(13,17)18-14(16)12(3)4/h11,13,17H,3,5-10H2,1-2,4H3. The molecular formula is C15H26O3. The van der Waals surface area contributed by atoms with E-state index in [1.54, 1.807) is 6.92 Å². The number of carbonyl (C=O) groups excluding carboxylic acids is 1. The molecule has 0 heterocycles. The molecule has 3 nitrogen and oxygen atoms in total. The first kappa shape index (κ1) is 15.2. The SMILES string of the molecule is C=C(C)C(=O)OC1(O)CCCCC1CCC(C)C. The third kappa shape index (κ3) is 4.13. The first-order valence-electron chi connectivity index (χ1n) is 6.96. The van der Waals surface area contributed by atoms with Crippen LogP contribution in [0, 0.1) is 11.8 Å². The molecule has 0 radical (unpaired) electrons. The van der Waals surface area contributed by atoms with Gasteiger partial charge in [-0.3, -0.25) is 0 Å². The first-order valence-corrected chi connectivity index (χ1v) is 6.96. The predicted molar refractivity (Wildman–Crippen MR) is 71.9 cm³/mol. The van der Waals surface area contributed by atoms with Gasteiger partial charge in [-0.25, -0.2) is 4.79 Å². The lowest BCUT2D eigenvalue weighted by atomic mass is 9.79. The summed E-state index contributed by atoms with van der Waals surface area (Å²) in [6.07, 6.45) is 5.48. The molecule has 0 aromatic carbocycles. The summed E-state index contributed by atoms with van der Waals surface area (Å²) in [5.41, 5.74) is 0.344. The summed E-state index contributed by atoms with van der Waals surface area (Å²) in [5.74, 6) is -1.08. The maximum absolute atomic E-state index is 11.6. The lowest BCUT2D eigenvalue weighted by Crippen LogP contribution is -2.45. The monoisotopic (exact) mass is 254 g/mol. The van der Waals surface area contributed by atoms with E-state index in [0.29, 0.717) is 17.9 Å². The topological polar surface area (TPSA) is 46.5 Å². The second-order valence-electron chi connectivity index (χ2n) is 5.93. The van der Waals surface area contributed by atoms with Crippen LogP contribution in [0.2, 0.25) is 0 Å². The van der Waals surface area contributed by atoms with Crippen molar-refractivity contribution in [3.8, 4) is 0 Å². The molecule has 2 unspecified atom stereocenters. The van der Waals surface area contributed by atoms with Crippen LogP contribution in [-0.4, -0.2) is 16.9 Å². The molecule has 1 aliphatic rings. The summed E-state index contributed by atoms with van der Waals surface area (Å²) < 4.78 is 5.30. The van der Waals surface area contributed by atoms with Crippen molar-refractivity contribution in [3.05, 3.63) is 12.2 Å². The Labute approximate surface area is 110 Å². The van der Waals surface area contributed by atoms with Crippen LogP contribution < -0.4 is 0 Å². The quantitative estimate of drug-likeness (QED) is 0.464. The highest BCUT2D eigenvalue weighted by atomic mass is 16.7. The molecule has 0 amide bonds. The Bertz CT molecular complexity index is 309. The van der Waals surface area contributed by atoms with Crippen molar-refractivity contribution in [2.45, 2.75) is 65.1 Å². The molecule has 104 valence electrons. The Hall–Kier alpha value is -0.830. The third-order valence-electron chi connectivity index (χ3n) is 3.69. The Morgan fingerprint density at radius 2 is 2.17 bits per heavy atom. The average Bonchev–Trinajstić information content (AvgIpc) is 2.27. The molecule has 0 saturated heterocycles. The largest absolute Gasteiger partial charge is 0.430 e. The van der Waals surface area contributed by atoms with Crippen molar-refractivity contribution < 1.29 is 14.6 Å². The van der Waals surface area contributed by atoms with Crippen molar-refractivity contribution >= 4 is 5.97 Å². The van der Waals surface area contributed by atoms with E-state index < -0.39 is 11.8 Å². The molecule has 1 N–H and O–H groups in total. The van der Waals surface area contributed by atoms with Crippen molar-refractivity contribution in [1.82, 2.24) is 0 Å². The Morgan fingerprint density at radius 1 is 1.50 bits per heavy atom. The number of ether oxygens (including phenoxy) is 1. The molecule has 0 aromatic heterocycles. The molecule has 0 aromatic rings. The van der Waals surface area contributed by atoms with Crippen LogP contribution in [0.1, 0.15) is 59.3 Å². The minimum atomic E-state index is -1.27. The fraction of sp³-hybridized carbons (Fsp3) is 0.800. The highest BCUT2D eigenvalue weighted by Gasteiger charge is 2.42. The summed E-state index contributed by atoms with van der Waals surface area (Å²) in [6.45, 7) is 9.51. The number of hydrogen-bond acceptors (Lipinski definition) is 3. The van der Waals surface area contributed by atoms with E-state index in [1.807, 2.05) is 0 Å². The van der Waals surface area contributed by atoms with Gasteiger partial charge in [-0.1, -0.05) is 33.3 Å². The highest BCUT2D eigenvalue weighted by molar-refractivity contribution is 5.87. The molecule has 1 saturated carbocycles. The first-order chi connectivity index (χ1) is 8.35. The van der Waals surface area contributed by atoms with E-state index in [2.05, 4.69) is 20.4 Å². The number of hydrogen-bond donors (Lipinski definition) is 1. The zero-order chi connectivity index (χ0) is 13.8. The molecule has 0 bridgehead atoms. The summed E-state index contributed by atoms with van der Waals surface area (Å²) in [5, 5.41) is 10.6. The Balaban J connectivity index is 2.66. The van der Waals surface area contributed by atoms with E-state index in [1.165, 1.54) is 0 Å². The minimum Gasteiger partial charge on any atom is -0.430 e. The molecule has 18 heavy (non-hydrogen) atoms. The van der Waals surface area contributed by atoms with Crippen molar-refractivity contribution in [1.29, 1.82) is 0 Å². The summed E-state index contributed by atoms with van der Waals surface area (Å²) in [4.78, 5) is 11.6. The Kier molecular flexibility index (Phi) is 5.39. The number of aliphatic hydroxyl groups is 1. The number of carbonyl (C=O) groups is 1. The lowest BCUT2D eigenvalue weighted by Gasteiger charge is -2.39. The molecular weight excluding hydrogens is 228 g/mol. The fourth-order valence-corrected chi connectivity index (χ4v) is 2.49. The van der Waals surface area contributed by atoms with E-state index in [4.69, 9.17) is 4.74 Å². The van der Waals surface area contributed by atoms with Crippen molar-refractivity contribution in [2.24, 2.45) is 11.8 Å². The van der Waals surface area contributed by atoms with Crippen LogP contribution in [0.25, 0.3) is 0 Å². The van der Waals surface area contributed by atoms with Crippen LogP contribution in [-0.2, 0) is 9.53 Å². The third-order valence-corrected chi connectivity index (χ3v) is 3.69. The smallest absolute Gasteiger partial charge is 0.335 e. The maximum atomic E-state index is 11.6. The van der Waals surface area contributed by atoms with Crippen molar-refractivity contribution in [2.75, 3.05) is 0 Å². The molecule has 2 atom stereocenters. The molecule has 0 spiro atoms. The number of rotatable bonds is 5. The normalized spacial score (nSPS) is 28.2. The van der Waals surface area contributed by atoms with Gasteiger partial charge >= 0.3 is 5.97 Å². The van der Waals surface area contributed by atoms with Gasteiger partial charge in [-0.2, -0.15) is 0 Å². The average molecular weight is 254 g/mol. The molecule has 3 heteroatoms. The van der Waals surface area contributed by atoms with E-state index in [9.17, 15) is 9.90 Å². The van der Waals surface area contributed by atoms with Gasteiger partial charge in [-0.15, -0.1) is 0 Å². The predicted octanol–water partition coefficient (Wildman–Crippen LogP) is 3.42. The molecule has 1 rings (SSSR count). The van der Waals surface area contributed by atoms with Gasteiger partial charge in [0, 0.05) is 17.9 Å². The van der Waals surface area contributed by atoms with Crippen LogP contribution in [0.15, 0.2) is 12.2 Å². The van der Waals surface area contributed by atoms with Crippen LogP contribution in [0.4, 0.5) is 0 Å². The van der Waals surface area contributed by atoms with Gasteiger partial charge in [0.2, 0.25) is 5.79 Å². The summed E-state index contributed by atoms with van der Waals surface area (Å²) >= 11 is 0. The zero-order valence-corrected chi connectivity index (χ0v) is 11.9. The summed E-state index contributed by atoms with van der Waals surface area (Å²) in [6, 6.07) is 0. The van der Waals surface area contributed by atoms with Crippen molar-refractivity contribution in [3.63, 3.8) is 0 Å². The Morgan fingerprint density at radius 3 is 2.72 bits per heavy atom. The fourth-order valence-electron chi connectivity index (χ4n) is 2.49. The van der Waals surface area contributed by atoms with Crippen LogP contribution in [0.5, 0.6) is 0 Å². The van der Waals surface area contributed by atoms with E-state index in [0.717, 1.165) is 32.1 Å². The second kappa shape index (κ2) is 6.37. The van der Waals surface area contributed by atoms with Gasteiger partial charge < -0.3 is 9.84 Å². The lowest BCUT2D eigenvalue weighted by molar-refractivity contribution is -0.241. The zero-order valence-electron chi connectivity index (χ0n) is 11.9. The van der Waals surface area contributed by atoms with Gasteiger partial charge in [0.05, 0.1) is 0 Å². The summed E-state index contributed by atoms with van der Waals surface area (Å²) in [7, 11) is 0. The second-order valence-corrected chi connectivity index (χ2v) is 5.93. The molecule has 1 aliphatic carbocycles.